The number of aryl methyl sites for hydroxylation is 1. The maximum atomic E-state index is 10.7. The molecule has 3 N–H and O–H groups in total. The smallest absolute Gasteiger partial charge is 0.127 e. The summed E-state index contributed by atoms with van der Waals surface area (Å²) < 4.78 is 0. The fourth-order valence-electron chi connectivity index (χ4n) is 2.41. The second-order valence-electron chi connectivity index (χ2n) is 4.78. The Hall–Kier alpha value is -0.550. The van der Waals surface area contributed by atoms with Crippen LogP contribution < -0.4 is 5.32 Å². The second kappa shape index (κ2) is 5.61. The first-order valence-electron chi connectivity index (χ1n) is 6.44. The van der Waals surface area contributed by atoms with E-state index >= 15 is 0 Å². The lowest BCUT2D eigenvalue weighted by molar-refractivity contribution is -0.0451. The molecule has 1 aromatic rings. The Morgan fingerprint density at radius 3 is 2.94 bits per heavy atom. The summed E-state index contributed by atoms with van der Waals surface area (Å²) in [5.74, 6) is 1.11. The molecule has 1 aliphatic heterocycles. The van der Waals surface area contributed by atoms with Gasteiger partial charge in [-0.25, -0.2) is 0 Å². The fourth-order valence-corrected chi connectivity index (χ4v) is 3.46. The van der Waals surface area contributed by atoms with Crippen LogP contribution in [0.3, 0.4) is 0 Å². The van der Waals surface area contributed by atoms with Crippen LogP contribution in [0.1, 0.15) is 25.0 Å². The summed E-state index contributed by atoms with van der Waals surface area (Å²) in [6, 6.07) is 5.85. The number of aliphatic hydroxyl groups is 2. The van der Waals surface area contributed by atoms with Gasteiger partial charge in [0.15, 0.2) is 0 Å². The summed E-state index contributed by atoms with van der Waals surface area (Å²) in [6.45, 7) is 4.40. The first-order valence-corrected chi connectivity index (χ1v) is 7.43. The lowest BCUT2D eigenvalue weighted by Gasteiger charge is -2.33. The number of fused-ring (bicyclic) bond motifs is 1. The van der Waals surface area contributed by atoms with Crippen LogP contribution in [0.2, 0.25) is 0 Å². The fraction of sp³-hybridized carbons (Fsp3) is 0.571. The third-order valence-corrected chi connectivity index (χ3v) is 4.77. The summed E-state index contributed by atoms with van der Waals surface area (Å²) in [6.07, 6.45) is 1.05. The Labute approximate surface area is 113 Å². The Morgan fingerprint density at radius 1 is 1.50 bits per heavy atom. The largest absolute Gasteiger partial charge is 0.393 e. The van der Waals surface area contributed by atoms with Crippen LogP contribution in [-0.4, -0.2) is 35.2 Å². The Bertz CT molecular complexity index is 424. The maximum absolute atomic E-state index is 10.7. The molecule has 0 aromatic heterocycles. The molecule has 18 heavy (non-hydrogen) atoms. The zero-order chi connectivity index (χ0) is 13.2. The number of hydrogen-bond acceptors (Lipinski definition) is 4. The monoisotopic (exact) mass is 267 g/mol. The van der Waals surface area contributed by atoms with Gasteiger partial charge in [-0.1, -0.05) is 19.1 Å². The summed E-state index contributed by atoms with van der Waals surface area (Å²) >= 11 is 1.85. The molecule has 0 aliphatic carbocycles. The van der Waals surface area contributed by atoms with Gasteiger partial charge in [-0.3, -0.25) is 0 Å². The van der Waals surface area contributed by atoms with Gasteiger partial charge >= 0.3 is 0 Å². The predicted octanol–water partition coefficient (Wildman–Crippen LogP) is 1.51. The first-order chi connectivity index (χ1) is 8.61. The molecule has 2 unspecified atom stereocenters. The van der Waals surface area contributed by atoms with Gasteiger partial charge < -0.3 is 15.5 Å². The zero-order valence-electron chi connectivity index (χ0n) is 10.9. The molecule has 100 valence electrons. The van der Waals surface area contributed by atoms with Crippen LogP contribution >= 0.6 is 11.8 Å². The minimum Gasteiger partial charge on any atom is -0.393 e. The van der Waals surface area contributed by atoms with E-state index in [2.05, 4.69) is 11.4 Å². The average Bonchev–Trinajstić information content (AvgIpc) is 2.85. The van der Waals surface area contributed by atoms with E-state index in [1.165, 1.54) is 10.5 Å². The number of benzene rings is 1. The van der Waals surface area contributed by atoms with Gasteiger partial charge in [0.2, 0.25) is 0 Å². The van der Waals surface area contributed by atoms with Crippen molar-refractivity contribution in [3.63, 3.8) is 0 Å². The van der Waals surface area contributed by atoms with Crippen molar-refractivity contribution in [2.75, 3.05) is 18.9 Å². The minimum atomic E-state index is -1.21. The summed E-state index contributed by atoms with van der Waals surface area (Å²) in [4.78, 5) is 1.30. The van der Waals surface area contributed by atoms with E-state index in [-0.39, 0.29) is 12.6 Å². The number of hydrogen-bond donors (Lipinski definition) is 3. The zero-order valence-corrected chi connectivity index (χ0v) is 11.8. The molecule has 0 amide bonds. The van der Waals surface area contributed by atoms with Crippen molar-refractivity contribution in [1.82, 2.24) is 5.32 Å². The first kappa shape index (κ1) is 13.9. The molecule has 0 spiro atoms. The van der Waals surface area contributed by atoms with Crippen molar-refractivity contribution in [2.24, 2.45) is 0 Å². The third-order valence-electron chi connectivity index (χ3n) is 3.66. The average molecular weight is 267 g/mol. The Balaban J connectivity index is 2.32. The van der Waals surface area contributed by atoms with Gasteiger partial charge in [0.05, 0.1) is 6.61 Å². The van der Waals surface area contributed by atoms with Crippen LogP contribution in [-0.2, 0) is 12.0 Å². The molecule has 0 fully saturated rings. The lowest BCUT2D eigenvalue weighted by atomic mass is 9.86. The van der Waals surface area contributed by atoms with Crippen molar-refractivity contribution in [3.05, 3.63) is 29.3 Å². The van der Waals surface area contributed by atoms with Crippen LogP contribution in [0.25, 0.3) is 0 Å². The van der Waals surface area contributed by atoms with Crippen LogP contribution in [0.4, 0.5) is 0 Å². The van der Waals surface area contributed by atoms with E-state index < -0.39 is 5.60 Å². The van der Waals surface area contributed by atoms with Crippen LogP contribution in [0, 0.1) is 0 Å². The highest BCUT2D eigenvalue weighted by atomic mass is 32.2. The van der Waals surface area contributed by atoms with E-state index in [0.717, 1.165) is 24.3 Å². The van der Waals surface area contributed by atoms with Crippen molar-refractivity contribution in [3.8, 4) is 0 Å². The molecule has 2 rings (SSSR count). The minimum absolute atomic E-state index is 0.181. The molecule has 1 aliphatic rings. The highest BCUT2D eigenvalue weighted by Crippen LogP contribution is 2.35. The number of likely N-dealkylation sites (N-methyl/N-ethyl adjacent to an activating group) is 1. The number of nitrogens with one attached hydrogen (secondary N) is 1. The van der Waals surface area contributed by atoms with Crippen LogP contribution in [0.5, 0.6) is 0 Å². The molecule has 1 aromatic carbocycles. The lowest BCUT2D eigenvalue weighted by Crippen LogP contribution is -2.49. The number of thioether (sulfide) groups is 1. The highest BCUT2D eigenvalue weighted by molar-refractivity contribution is 7.99. The summed E-state index contributed by atoms with van der Waals surface area (Å²) in [7, 11) is 0. The molecule has 0 radical (unpaired) electrons. The molecule has 0 saturated carbocycles. The van der Waals surface area contributed by atoms with Gasteiger partial charge in [-0.2, -0.15) is 0 Å². The molecule has 4 heteroatoms. The normalized spacial score (nSPS) is 19.3. The SMILES string of the molecule is CCNC(C)C(O)(CO)c1ccc2c(c1)CCS2. The van der Waals surface area contributed by atoms with Gasteiger partial charge in [-0.05, 0) is 37.1 Å². The van der Waals surface area contributed by atoms with Gasteiger partial charge in [-0.15, -0.1) is 11.8 Å². The van der Waals surface area contributed by atoms with Crippen molar-refractivity contribution >= 4 is 11.8 Å². The Kier molecular flexibility index (Phi) is 4.33. The number of rotatable bonds is 5. The number of aliphatic hydroxyl groups excluding tert-OH is 1. The van der Waals surface area contributed by atoms with E-state index in [0.29, 0.717) is 0 Å². The van der Waals surface area contributed by atoms with Crippen LogP contribution in [0.15, 0.2) is 23.1 Å². The van der Waals surface area contributed by atoms with Gasteiger partial charge in [0.25, 0.3) is 0 Å². The van der Waals surface area contributed by atoms with E-state index in [4.69, 9.17) is 0 Å². The molecule has 2 atom stereocenters. The standard InChI is InChI=1S/C14H21NO2S/c1-3-15-10(2)14(17,9-16)12-4-5-13-11(8-12)6-7-18-13/h4-5,8,10,15-17H,3,6-7,9H2,1-2H3. The van der Waals surface area contributed by atoms with Crippen molar-refractivity contribution < 1.29 is 10.2 Å². The van der Waals surface area contributed by atoms with E-state index in [1.807, 2.05) is 37.7 Å². The third kappa shape index (κ3) is 2.43. The van der Waals surface area contributed by atoms with Crippen molar-refractivity contribution in [1.29, 1.82) is 0 Å². The highest BCUT2D eigenvalue weighted by Gasteiger charge is 2.35. The predicted molar refractivity (Wildman–Crippen MR) is 75.0 cm³/mol. The quantitative estimate of drug-likeness (QED) is 0.757. The molecule has 3 nitrogen and oxygen atoms in total. The second-order valence-corrected chi connectivity index (χ2v) is 5.92. The summed E-state index contributed by atoms with van der Waals surface area (Å²) in [5, 5.41) is 23.5. The van der Waals surface area contributed by atoms with Gasteiger partial charge in [0, 0.05) is 16.7 Å². The van der Waals surface area contributed by atoms with E-state index in [1.54, 1.807) is 0 Å². The van der Waals surface area contributed by atoms with E-state index in [9.17, 15) is 10.2 Å². The molecular formula is C14H21NO2S. The Morgan fingerprint density at radius 2 is 2.28 bits per heavy atom. The molecule has 0 saturated heterocycles. The molecule has 1 heterocycles. The topological polar surface area (TPSA) is 52.5 Å². The summed E-state index contributed by atoms with van der Waals surface area (Å²) in [5.41, 5.74) is 0.881. The molecule has 0 bridgehead atoms. The van der Waals surface area contributed by atoms with Gasteiger partial charge in [0.1, 0.15) is 5.60 Å². The maximum Gasteiger partial charge on any atom is 0.127 e. The van der Waals surface area contributed by atoms with Crippen molar-refractivity contribution in [2.45, 2.75) is 36.8 Å². The molecular weight excluding hydrogens is 246 g/mol.